The average molecular weight is 229 g/mol. The molecule has 0 spiro atoms. The van der Waals surface area contributed by atoms with Crippen molar-refractivity contribution in [3.05, 3.63) is 35.2 Å². The van der Waals surface area contributed by atoms with Crippen LogP contribution in [0, 0.1) is 0 Å². The normalized spacial score (nSPS) is 14.5. The van der Waals surface area contributed by atoms with E-state index in [1.54, 1.807) is 0 Å². The standard InChI is InChI=1S/C15H19NO/c1-5-14(17)11-6-7-13-12(11)8-10(9-16-13)15(2,3)4/h6,8-9H,5,7H2,1-4H3. The maximum Gasteiger partial charge on any atom is 0.162 e. The van der Waals surface area contributed by atoms with Gasteiger partial charge in [0.1, 0.15) is 0 Å². The molecule has 0 fully saturated rings. The molecule has 0 aromatic carbocycles. The van der Waals surface area contributed by atoms with Crippen molar-refractivity contribution >= 4 is 11.4 Å². The minimum atomic E-state index is 0.0744. The van der Waals surface area contributed by atoms with Crippen LogP contribution in [0.1, 0.15) is 50.9 Å². The fraction of sp³-hybridized carbons (Fsp3) is 0.467. The molecule has 1 aliphatic carbocycles. The Morgan fingerprint density at radius 2 is 2.12 bits per heavy atom. The molecule has 0 unspecified atom stereocenters. The molecule has 0 bridgehead atoms. The van der Waals surface area contributed by atoms with Crippen molar-refractivity contribution in [2.45, 2.75) is 46.0 Å². The van der Waals surface area contributed by atoms with Gasteiger partial charge in [0.25, 0.3) is 0 Å². The van der Waals surface area contributed by atoms with Gasteiger partial charge in [-0.25, -0.2) is 0 Å². The number of Topliss-reactive ketones (excluding diaryl/α,β-unsaturated/α-hetero) is 1. The SMILES string of the molecule is CCC(=O)C1=CCc2ncc(C(C)(C)C)cc21. The molecule has 2 rings (SSSR count). The number of aromatic nitrogens is 1. The molecular weight excluding hydrogens is 210 g/mol. The molecule has 1 aliphatic rings. The summed E-state index contributed by atoms with van der Waals surface area (Å²) >= 11 is 0. The second-order valence-electron chi connectivity index (χ2n) is 5.57. The molecule has 1 aromatic heterocycles. The lowest BCUT2D eigenvalue weighted by Gasteiger charge is -2.19. The molecule has 1 aromatic rings. The van der Waals surface area contributed by atoms with Crippen LogP contribution in [0.5, 0.6) is 0 Å². The zero-order valence-electron chi connectivity index (χ0n) is 11.0. The lowest BCUT2D eigenvalue weighted by Crippen LogP contribution is -2.13. The molecule has 2 nitrogen and oxygen atoms in total. The monoisotopic (exact) mass is 229 g/mol. The third kappa shape index (κ3) is 2.17. The largest absolute Gasteiger partial charge is 0.294 e. The molecule has 0 radical (unpaired) electrons. The third-order valence-electron chi connectivity index (χ3n) is 3.25. The van der Waals surface area contributed by atoms with E-state index >= 15 is 0 Å². The number of fused-ring (bicyclic) bond motifs is 1. The lowest BCUT2D eigenvalue weighted by molar-refractivity contribution is -0.113. The second-order valence-corrected chi connectivity index (χ2v) is 5.57. The van der Waals surface area contributed by atoms with E-state index in [1.165, 1.54) is 5.56 Å². The number of allylic oxidation sites excluding steroid dienone is 2. The first-order chi connectivity index (χ1) is 7.93. The average Bonchev–Trinajstić information content (AvgIpc) is 2.69. The van der Waals surface area contributed by atoms with Gasteiger partial charge in [-0.05, 0) is 17.0 Å². The van der Waals surface area contributed by atoms with Crippen LogP contribution in [0.25, 0.3) is 5.57 Å². The van der Waals surface area contributed by atoms with Crippen molar-refractivity contribution in [3.8, 4) is 0 Å². The fourth-order valence-corrected chi connectivity index (χ4v) is 2.06. The number of ketones is 1. The zero-order valence-corrected chi connectivity index (χ0v) is 11.0. The number of nitrogens with zero attached hydrogens (tertiary/aromatic N) is 1. The van der Waals surface area contributed by atoms with Gasteiger partial charge in [0, 0.05) is 30.2 Å². The topological polar surface area (TPSA) is 30.0 Å². The fourth-order valence-electron chi connectivity index (χ4n) is 2.06. The van der Waals surface area contributed by atoms with Gasteiger partial charge in [-0.15, -0.1) is 0 Å². The van der Waals surface area contributed by atoms with E-state index in [1.807, 2.05) is 19.2 Å². The summed E-state index contributed by atoms with van der Waals surface area (Å²) in [5.41, 5.74) is 4.21. The van der Waals surface area contributed by atoms with Gasteiger partial charge in [0.05, 0.1) is 5.69 Å². The number of rotatable bonds is 2. The van der Waals surface area contributed by atoms with Crippen molar-refractivity contribution in [2.75, 3.05) is 0 Å². The molecule has 2 heteroatoms. The van der Waals surface area contributed by atoms with E-state index < -0.39 is 0 Å². The highest BCUT2D eigenvalue weighted by molar-refractivity contribution is 6.21. The minimum absolute atomic E-state index is 0.0744. The van der Waals surface area contributed by atoms with Crippen LogP contribution >= 0.6 is 0 Å². The molecule has 0 N–H and O–H groups in total. The predicted octanol–water partition coefficient (Wildman–Crippen LogP) is 3.30. The van der Waals surface area contributed by atoms with Crippen LogP contribution in [0.3, 0.4) is 0 Å². The van der Waals surface area contributed by atoms with Crippen LogP contribution in [0.15, 0.2) is 18.3 Å². The lowest BCUT2D eigenvalue weighted by atomic mass is 9.86. The smallest absolute Gasteiger partial charge is 0.162 e. The van der Waals surface area contributed by atoms with Crippen molar-refractivity contribution in [1.29, 1.82) is 0 Å². The van der Waals surface area contributed by atoms with E-state index in [4.69, 9.17) is 0 Å². The molecule has 90 valence electrons. The van der Waals surface area contributed by atoms with Gasteiger partial charge >= 0.3 is 0 Å². The van der Waals surface area contributed by atoms with Crippen molar-refractivity contribution in [3.63, 3.8) is 0 Å². The first-order valence-electron chi connectivity index (χ1n) is 6.16. The summed E-state index contributed by atoms with van der Waals surface area (Å²) in [5, 5.41) is 0. The number of carbonyl (C=O) groups excluding carboxylic acids is 1. The molecule has 0 amide bonds. The Morgan fingerprint density at radius 1 is 1.41 bits per heavy atom. The van der Waals surface area contributed by atoms with Gasteiger partial charge in [-0.3, -0.25) is 9.78 Å². The molecule has 17 heavy (non-hydrogen) atoms. The third-order valence-corrected chi connectivity index (χ3v) is 3.25. The summed E-state index contributed by atoms with van der Waals surface area (Å²) in [7, 11) is 0. The first-order valence-corrected chi connectivity index (χ1v) is 6.16. The summed E-state index contributed by atoms with van der Waals surface area (Å²) in [6.07, 6.45) is 5.30. The Bertz CT molecular complexity index is 492. The quantitative estimate of drug-likeness (QED) is 0.778. The molecular formula is C15H19NO. The number of hydrogen-bond donors (Lipinski definition) is 0. The number of carbonyl (C=O) groups is 1. The Balaban J connectivity index is 2.46. The van der Waals surface area contributed by atoms with Gasteiger partial charge < -0.3 is 0 Å². The van der Waals surface area contributed by atoms with Gasteiger partial charge in [0.2, 0.25) is 0 Å². The second kappa shape index (κ2) is 4.10. The van der Waals surface area contributed by atoms with Crippen LogP contribution in [0.4, 0.5) is 0 Å². The van der Waals surface area contributed by atoms with Crippen molar-refractivity contribution < 1.29 is 4.79 Å². The highest BCUT2D eigenvalue weighted by Crippen LogP contribution is 2.31. The maximum absolute atomic E-state index is 11.8. The molecule has 0 aliphatic heterocycles. The number of pyridine rings is 1. The van der Waals surface area contributed by atoms with Crippen LogP contribution in [-0.2, 0) is 16.6 Å². The molecule has 0 saturated heterocycles. The van der Waals surface area contributed by atoms with Crippen LogP contribution < -0.4 is 0 Å². The Hall–Kier alpha value is -1.44. The van der Waals surface area contributed by atoms with E-state index in [9.17, 15) is 4.79 Å². The summed E-state index contributed by atoms with van der Waals surface area (Å²) in [6, 6.07) is 2.13. The minimum Gasteiger partial charge on any atom is -0.294 e. The van der Waals surface area contributed by atoms with E-state index in [2.05, 4.69) is 31.8 Å². The predicted molar refractivity (Wildman–Crippen MR) is 69.9 cm³/mol. The first kappa shape index (κ1) is 12.0. The molecule has 0 atom stereocenters. The maximum atomic E-state index is 11.8. The highest BCUT2D eigenvalue weighted by atomic mass is 16.1. The Morgan fingerprint density at radius 3 is 2.71 bits per heavy atom. The summed E-state index contributed by atoms with van der Waals surface area (Å²) in [6.45, 7) is 8.39. The van der Waals surface area contributed by atoms with Crippen LogP contribution in [-0.4, -0.2) is 10.8 Å². The summed E-state index contributed by atoms with van der Waals surface area (Å²) in [5.74, 6) is 0.219. The highest BCUT2D eigenvalue weighted by Gasteiger charge is 2.23. The van der Waals surface area contributed by atoms with E-state index in [-0.39, 0.29) is 11.2 Å². The zero-order chi connectivity index (χ0) is 12.6. The Labute approximate surface area is 103 Å². The van der Waals surface area contributed by atoms with Gasteiger partial charge in [-0.1, -0.05) is 33.8 Å². The molecule has 1 heterocycles. The van der Waals surface area contributed by atoms with E-state index in [0.717, 1.165) is 23.3 Å². The van der Waals surface area contributed by atoms with Crippen LogP contribution in [0.2, 0.25) is 0 Å². The van der Waals surface area contributed by atoms with Crippen molar-refractivity contribution in [1.82, 2.24) is 4.98 Å². The number of hydrogen-bond acceptors (Lipinski definition) is 2. The van der Waals surface area contributed by atoms with Gasteiger partial charge in [0.15, 0.2) is 5.78 Å². The molecule has 0 saturated carbocycles. The van der Waals surface area contributed by atoms with Crippen molar-refractivity contribution in [2.24, 2.45) is 0 Å². The van der Waals surface area contributed by atoms with Gasteiger partial charge in [-0.2, -0.15) is 0 Å². The Kier molecular flexibility index (Phi) is 2.90. The summed E-state index contributed by atoms with van der Waals surface area (Å²) < 4.78 is 0. The summed E-state index contributed by atoms with van der Waals surface area (Å²) in [4.78, 5) is 16.3. The van der Waals surface area contributed by atoms with E-state index in [0.29, 0.717) is 6.42 Å².